The number of hydrogen-bond donors (Lipinski definition) is 2. The molecule has 1 aromatic rings. The highest BCUT2D eigenvalue weighted by atomic mass is 16.5. The van der Waals surface area contributed by atoms with E-state index >= 15 is 0 Å². The number of carbonyl (C=O) groups is 1. The van der Waals surface area contributed by atoms with Gasteiger partial charge < -0.3 is 15.4 Å². The number of hydrogen-bond acceptors (Lipinski definition) is 3. The maximum absolute atomic E-state index is 12.3. The molecule has 0 aliphatic carbocycles. The van der Waals surface area contributed by atoms with E-state index in [0.29, 0.717) is 0 Å². The topological polar surface area (TPSA) is 50.4 Å². The average Bonchev–Trinajstić information content (AvgIpc) is 2.52. The van der Waals surface area contributed by atoms with Crippen molar-refractivity contribution in [1.29, 1.82) is 0 Å². The number of benzene rings is 1. The normalized spacial score (nSPS) is 22.4. The van der Waals surface area contributed by atoms with Crippen molar-refractivity contribution in [3.05, 3.63) is 35.9 Å². The van der Waals surface area contributed by atoms with Crippen molar-refractivity contribution >= 4 is 5.91 Å². The Morgan fingerprint density at radius 1 is 1.30 bits per heavy atom. The maximum atomic E-state index is 12.3. The van der Waals surface area contributed by atoms with Crippen molar-refractivity contribution in [3.8, 4) is 0 Å². The second-order valence-corrected chi connectivity index (χ2v) is 5.20. The van der Waals surface area contributed by atoms with E-state index in [1.165, 1.54) is 0 Å². The summed E-state index contributed by atoms with van der Waals surface area (Å²) >= 11 is 0. The lowest BCUT2D eigenvalue weighted by atomic mass is 9.89. The summed E-state index contributed by atoms with van der Waals surface area (Å²) in [6.45, 7) is 2.38. The molecule has 2 rings (SSSR count). The highest BCUT2D eigenvalue weighted by molar-refractivity contribution is 5.79. The van der Waals surface area contributed by atoms with Gasteiger partial charge in [0, 0.05) is 13.2 Å². The third kappa shape index (κ3) is 4.05. The number of nitrogens with one attached hydrogen (secondary N) is 2. The Morgan fingerprint density at radius 3 is 2.85 bits per heavy atom. The van der Waals surface area contributed by atoms with Crippen LogP contribution in [0.2, 0.25) is 0 Å². The van der Waals surface area contributed by atoms with Gasteiger partial charge in [-0.2, -0.15) is 0 Å². The third-order valence-electron chi connectivity index (χ3n) is 3.69. The monoisotopic (exact) mass is 276 g/mol. The van der Waals surface area contributed by atoms with Gasteiger partial charge in [0.25, 0.3) is 0 Å². The summed E-state index contributed by atoms with van der Waals surface area (Å²) in [6, 6.07) is 10.1. The van der Waals surface area contributed by atoms with E-state index in [4.69, 9.17) is 4.74 Å². The second kappa shape index (κ2) is 8.02. The van der Waals surface area contributed by atoms with Gasteiger partial charge in [0.05, 0.1) is 12.0 Å². The molecule has 1 fully saturated rings. The molecule has 0 saturated carbocycles. The van der Waals surface area contributed by atoms with Crippen LogP contribution in [0, 0.1) is 5.92 Å². The minimum absolute atomic E-state index is 0.0688. The molecule has 1 amide bonds. The molecule has 0 radical (unpaired) electrons. The first kappa shape index (κ1) is 15.0. The predicted molar refractivity (Wildman–Crippen MR) is 79.4 cm³/mol. The molecule has 2 unspecified atom stereocenters. The van der Waals surface area contributed by atoms with Crippen molar-refractivity contribution < 1.29 is 9.53 Å². The van der Waals surface area contributed by atoms with Crippen molar-refractivity contribution in [2.24, 2.45) is 5.92 Å². The van der Waals surface area contributed by atoms with Crippen LogP contribution in [-0.4, -0.2) is 32.7 Å². The highest BCUT2D eigenvalue weighted by Gasteiger charge is 2.32. The van der Waals surface area contributed by atoms with Crippen LogP contribution in [0.4, 0.5) is 0 Å². The molecule has 4 nitrogen and oxygen atoms in total. The Balaban J connectivity index is 1.94. The fourth-order valence-electron chi connectivity index (χ4n) is 2.63. The fraction of sp³-hybridized carbons (Fsp3) is 0.562. The molecule has 1 heterocycles. The molecule has 1 aromatic carbocycles. The average molecular weight is 276 g/mol. The smallest absolute Gasteiger partial charge is 0.226 e. The molecule has 4 heteroatoms. The Hall–Kier alpha value is -1.39. The fourth-order valence-corrected chi connectivity index (χ4v) is 2.63. The summed E-state index contributed by atoms with van der Waals surface area (Å²) in [5, 5.41) is 6.11. The molecule has 110 valence electrons. The largest absolute Gasteiger partial charge is 0.373 e. The molecule has 20 heavy (non-hydrogen) atoms. The van der Waals surface area contributed by atoms with E-state index < -0.39 is 0 Å². The standard InChI is InChI=1S/C16H24N2O2/c1-17-10-6-11-18-16(19)14-9-5-12-20-15(14)13-7-3-2-4-8-13/h2-4,7-8,14-15,17H,5-6,9-12H2,1H3,(H,18,19). The van der Waals surface area contributed by atoms with Gasteiger partial charge in [-0.05, 0) is 38.4 Å². The van der Waals surface area contributed by atoms with Crippen LogP contribution in [-0.2, 0) is 9.53 Å². The van der Waals surface area contributed by atoms with Crippen molar-refractivity contribution in [2.75, 3.05) is 26.7 Å². The zero-order valence-corrected chi connectivity index (χ0v) is 12.1. The van der Waals surface area contributed by atoms with Gasteiger partial charge in [-0.1, -0.05) is 30.3 Å². The van der Waals surface area contributed by atoms with E-state index in [-0.39, 0.29) is 17.9 Å². The van der Waals surface area contributed by atoms with E-state index in [2.05, 4.69) is 10.6 Å². The Morgan fingerprint density at radius 2 is 2.10 bits per heavy atom. The van der Waals surface area contributed by atoms with Crippen molar-refractivity contribution in [1.82, 2.24) is 10.6 Å². The molecule has 1 aliphatic heterocycles. The van der Waals surface area contributed by atoms with E-state index in [1.54, 1.807) is 0 Å². The summed E-state index contributed by atoms with van der Waals surface area (Å²) in [4.78, 5) is 12.3. The molecule has 2 N–H and O–H groups in total. The van der Waals surface area contributed by atoms with Crippen molar-refractivity contribution in [3.63, 3.8) is 0 Å². The van der Waals surface area contributed by atoms with Crippen molar-refractivity contribution in [2.45, 2.75) is 25.4 Å². The van der Waals surface area contributed by atoms with Crippen LogP contribution in [0.1, 0.15) is 30.9 Å². The summed E-state index contributed by atoms with van der Waals surface area (Å²) < 4.78 is 5.85. The molecule has 0 aromatic heterocycles. The van der Waals surface area contributed by atoms with Gasteiger partial charge in [-0.3, -0.25) is 4.79 Å². The van der Waals surface area contributed by atoms with Crippen LogP contribution in [0.15, 0.2) is 30.3 Å². The van der Waals surface area contributed by atoms with Gasteiger partial charge in [-0.25, -0.2) is 0 Å². The van der Waals surface area contributed by atoms with Gasteiger partial charge in [0.2, 0.25) is 5.91 Å². The molecule has 1 saturated heterocycles. The van der Waals surface area contributed by atoms with Gasteiger partial charge in [-0.15, -0.1) is 0 Å². The summed E-state index contributed by atoms with van der Waals surface area (Å²) in [7, 11) is 1.92. The highest BCUT2D eigenvalue weighted by Crippen LogP contribution is 2.33. The minimum atomic E-state index is -0.103. The Kier molecular flexibility index (Phi) is 6.02. The molecule has 0 spiro atoms. The van der Waals surface area contributed by atoms with E-state index in [0.717, 1.165) is 44.5 Å². The summed E-state index contributed by atoms with van der Waals surface area (Å²) in [5.41, 5.74) is 1.10. The minimum Gasteiger partial charge on any atom is -0.373 e. The lowest BCUT2D eigenvalue weighted by molar-refractivity contribution is -0.134. The predicted octanol–water partition coefficient (Wildman–Crippen LogP) is 1.88. The maximum Gasteiger partial charge on any atom is 0.226 e. The first-order valence-electron chi connectivity index (χ1n) is 7.42. The van der Waals surface area contributed by atoms with Crippen LogP contribution >= 0.6 is 0 Å². The van der Waals surface area contributed by atoms with Gasteiger partial charge >= 0.3 is 0 Å². The van der Waals surface area contributed by atoms with Gasteiger partial charge in [0.15, 0.2) is 0 Å². The van der Waals surface area contributed by atoms with Gasteiger partial charge in [0.1, 0.15) is 0 Å². The second-order valence-electron chi connectivity index (χ2n) is 5.20. The number of carbonyl (C=O) groups excluding carboxylic acids is 1. The number of rotatable bonds is 6. The number of amides is 1. The third-order valence-corrected chi connectivity index (χ3v) is 3.69. The summed E-state index contributed by atoms with van der Waals surface area (Å²) in [6.07, 6.45) is 2.70. The van der Waals surface area contributed by atoms with Crippen LogP contribution in [0.5, 0.6) is 0 Å². The Labute approximate surface area is 120 Å². The van der Waals surface area contributed by atoms with E-state index in [1.807, 2.05) is 37.4 Å². The Bertz CT molecular complexity index is 408. The molecule has 2 atom stereocenters. The molecular formula is C16H24N2O2. The molecular weight excluding hydrogens is 252 g/mol. The number of ether oxygens (including phenoxy) is 1. The molecule has 1 aliphatic rings. The summed E-state index contributed by atoms with van der Waals surface area (Å²) in [5.74, 6) is 0.0513. The van der Waals surface area contributed by atoms with E-state index in [9.17, 15) is 4.79 Å². The van der Waals surface area contributed by atoms with Crippen LogP contribution in [0.3, 0.4) is 0 Å². The quantitative estimate of drug-likeness (QED) is 0.780. The zero-order chi connectivity index (χ0) is 14.2. The molecule has 0 bridgehead atoms. The van der Waals surface area contributed by atoms with Crippen LogP contribution in [0.25, 0.3) is 0 Å². The SMILES string of the molecule is CNCCCNC(=O)C1CCCOC1c1ccccc1. The first-order valence-corrected chi connectivity index (χ1v) is 7.42. The first-order chi connectivity index (χ1) is 9.83. The van der Waals surface area contributed by atoms with Crippen LogP contribution < -0.4 is 10.6 Å². The lowest BCUT2D eigenvalue weighted by Crippen LogP contribution is -2.38. The zero-order valence-electron chi connectivity index (χ0n) is 12.1. The lowest BCUT2D eigenvalue weighted by Gasteiger charge is -2.31.